The Hall–Kier alpha value is -0.0800. The molecule has 0 aliphatic rings. The van der Waals surface area contributed by atoms with Crippen molar-refractivity contribution in [1.82, 2.24) is 0 Å². The number of hydrogen-bond acceptors (Lipinski definition) is 2. The number of rotatable bonds is 5. The van der Waals surface area contributed by atoms with E-state index in [1.54, 1.807) is 0 Å². The van der Waals surface area contributed by atoms with Crippen molar-refractivity contribution >= 4 is 0 Å². The summed E-state index contributed by atoms with van der Waals surface area (Å²) in [5.41, 5.74) is 5.84. The quantitative estimate of drug-likeness (QED) is 0.649. The standard InChI is InChI=1S/C11H25NO/c1-6-11(4,5)7-9(8(2)3)10(12)13/h8-10,13H,6-7,12H2,1-5H3. The van der Waals surface area contributed by atoms with Gasteiger partial charge in [-0.25, -0.2) is 0 Å². The Morgan fingerprint density at radius 2 is 1.77 bits per heavy atom. The maximum absolute atomic E-state index is 9.42. The Kier molecular flexibility index (Phi) is 4.93. The third kappa shape index (κ3) is 4.63. The summed E-state index contributed by atoms with van der Waals surface area (Å²) in [6, 6.07) is 0. The van der Waals surface area contributed by atoms with Crippen molar-refractivity contribution in [3.05, 3.63) is 0 Å². The highest BCUT2D eigenvalue weighted by Crippen LogP contribution is 2.32. The molecule has 13 heavy (non-hydrogen) atoms. The topological polar surface area (TPSA) is 46.2 Å². The summed E-state index contributed by atoms with van der Waals surface area (Å²) in [4.78, 5) is 0. The van der Waals surface area contributed by atoms with Crippen LogP contribution in [-0.4, -0.2) is 11.3 Å². The van der Waals surface area contributed by atoms with Crippen molar-refractivity contribution in [3.8, 4) is 0 Å². The molecule has 80 valence electrons. The molecule has 0 aliphatic carbocycles. The number of nitrogens with two attached hydrogens (primary N) is 1. The first-order valence-corrected chi connectivity index (χ1v) is 5.24. The van der Waals surface area contributed by atoms with Gasteiger partial charge in [-0.3, -0.25) is 0 Å². The Balaban J connectivity index is 4.26. The molecular weight excluding hydrogens is 162 g/mol. The van der Waals surface area contributed by atoms with Gasteiger partial charge in [0.25, 0.3) is 0 Å². The highest BCUT2D eigenvalue weighted by atomic mass is 16.3. The van der Waals surface area contributed by atoms with Crippen LogP contribution in [-0.2, 0) is 0 Å². The summed E-state index contributed by atoms with van der Waals surface area (Å²) < 4.78 is 0. The van der Waals surface area contributed by atoms with Gasteiger partial charge >= 0.3 is 0 Å². The van der Waals surface area contributed by atoms with Gasteiger partial charge in [0.1, 0.15) is 6.23 Å². The maximum atomic E-state index is 9.42. The van der Waals surface area contributed by atoms with Gasteiger partial charge in [0.05, 0.1) is 0 Å². The number of aliphatic hydroxyl groups is 1. The molecule has 0 amide bonds. The molecule has 0 saturated carbocycles. The first kappa shape index (κ1) is 12.9. The van der Waals surface area contributed by atoms with Crippen molar-refractivity contribution < 1.29 is 5.11 Å². The van der Waals surface area contributed by atoms with E-state index in [9.17, 15) is 5.11 Å². The second kappa shape index (κ2) is 4.97. The molecule has 0 aromatic rings. The lowest BCUT2D eigenvalue weighted by atomic mass is 9.76. The minimum absolute atomic E-state index is 0.218. The molecular formula is C11H25NO. The van der Waals surface area contributed by atoms with Gasteiger partial charge in [-0.2, -0.15) is 0 Å². The maximum Gasteiger partial charge on any atom is 0.105 e. The highest BCUT2D eigenvalue weighted by Gasteiger charge is 2.27. The first-order chi connectivity index (χ1) is 5.80. The van der Waals surface area contributed by atoms with Crippen LogP contribution < -0.4 is 5.73 Å². The zero-order valence-electron chi connectivity index (χ0n) is 9.67. The predicted octanol–water partition coefficient (Wildman–Crippen LogP) is 2.36. The zero-order chi connectivity index (χ0) is 10.6. The molecule has 0 bridgehead atoms. The third-order valence-electron chi connectivity index (χ3n) is 3.04. The molecule has 0 fully saturated rings. The van der Waals surface area contributed by atoms with Crippen LogP contribution in [0.3, 0.4) is 0 Å². The zero-order valence-corrected chi connectivity index (χ0v) is 9.67. The largest absolute Gasteiger partial charge is 0.379 e. The average Bonchev–Trinajstić information content (AvgIpc) is 1.99. The molecule has 0 radical (unpaired) electrons. The summed E-state index contributed by atoms with van der Waals surface area (Å²) in [5.74, 6) is 0.667. The highest BCUT2D eigenvalue weighted by molar-refractivity contribution is 4.76. The molecule has 0 heterocycles. The van der Waals surface area contributed by atoms with E-state index in [0.29, 0.717) is 5.92 Å². The fourth-order valence-corrected chi connectivity index (χ4v) is 1.53. The Morgan fingerprint density at radius 1 is 1.31 bits per heavy atom. The van der Waals surface area contributed by atoms with Crippen LogP contribution in [0.4, 0.5) is 0 Å². The second-order valence-electron chi connectivity index (χ2n) is 5.12. The van der Waals surface area contributed by atoms with Crippen LogP contribution in [0.15, 0.2) is 0 Å². The van der Waals surface area contributed by atoms with Crippen LogP contribution in [0.25, 0.3) is 0 Å². The van der Waals surface area contributed by atoms with Crippen molar-refractivity contribution in [1.29, 1.82) is 0 Å². The van der Waals surface area contributed by atoms with E-state index in [4.69, 9.17) is 5.73 Å². The van der Waals surface area contributed by atoms with E-state index in [0.717, 1.165) is 12.8 Å². The summed E-state index contributed by atoms with van der Waals surface area (Å²) in [7, 11) is 0. The van der Waals surface area contributed by atoms with Crippen LogP contribution in [0.5, 0.6) is 0 Å². The fourth-order valence-electron chi connectivity index (χ4n) is 1.53. The van der Waals surface area contributed by atoms with E-state index in [2.05, 4.69) is 34.6 Å². The van der Waals surface area contributed by atoms with Gasteiger partial charge in [0.2, 0.25) is 0 Å². The smallest absolute Gasteiger partial charge is 0.105 e. The van der Waals surface area contributed by atoms with Crippen LogP contribution in [0.1, 0.15) is 47.5 Å². The van der Waals surface area contributed by atoms with Gasteiger partial charge < -0.3 is 10.8 Å². The lowest BCUT2D eigenvalue weighted by Gasteiger charge is -2.32. The van der Waals surface area contributed by atoms with E-state index in [-0.39, 0.29) is 11.3 Å². The number of aliphatic hydroxyl groups excluding tert-OH is 1. The first-order valence-electron chi connectivity index (χ1n) is 5.24. The second-order valence-corrected chi connectivity index (χ2v) is 5.12. The molecule has 0 aromatic carbocycles. The van der Waals surface area contributed by atoms with Gasteiger partial charge in [0, 0.05) is 5.92 Å². The van der Waals surface area contributed by atoms with Gasteiger partial charge in [-0.05, 0) is 17.8 Å². The molecule has 2 heteroatoms. The van der Waals surface area contributed by atoms with Gasteiger partial charge in [0.15, 0.2) is 0 Å². The molecule has 2 unspecified atom stereocenters. The van der Waals surface area contributed by atoms with E-state index < -0.39 is 6.23 Å². The Bertz CT molecular complexity index is 133. The molecule has 0 aromatic heterocycles. The van der Waals surface area contributed by atoms with Crippen molar-refractivity contribution in [2.24, 2.45) is 23.0 Å². The SMILES string of the molecule is CCC(C)(C)CC(C(C)C)C(N)O. The van der Waals surface area contributed by atoms with Crippen molar-refractivity contribution in [2.45, 2.75) is 53.7 Å². The normalized spacial score (nSPS) is 17.5. The molecule has 0 rings (SSSR count). The molecule has 0 spiro atoms. The average molecular weight is 187 g/mol. The van der Waals surface area contributed by atoms with Crippen LogP contribution in [0, 0.1) is 17.3 Å². The van der Waals surface area contributed by atoms with Crippen LogP contribution >= 0.6 is 0 Å². The monoisotopic (exact) mass is 187 g/mol. The molecule has 3 N–H and O–H groups in total. The molecule has 2 atom stereocenters. The summed E-state index contributed by atoms with van der Waals surface area (Å²) in [6.45, 7) is 10.9. The van der Waals surface area contributed by atoms with Crippen LogP contribution in [0.2, 0.25) is 0 Å². The van der Waals surface area contributed by atoms with E-state index in [1.165, 1.54) is 0 Å². The van der Waals surface area contributed by atoms with Crippen molar-refractivity contribution in [3.63, 3.8) is 0 Å². The summed E-state index contributed by atoms with van der Waals surface area (Å²) >= 11 is 0. The third-order valence-corrected chi connectivity index (χ3v) is 3.04. The fraction of sp³-hybridized carbons (Fsp3) is 1.00. The predicted molar refractivity (Wildman–Crippen MR) is 57.2 cm³/mol. The Morgan fingerprint density at radius 3 is 2.00 bits per heavy atom. The van der Waals surface area contributed by atoms with Gasteiger partial charge in [-0.1, -0.05) is 41.0 Å². The molecule has 2 nitrogen and oxygen atoms in total. The van der Waals surface area contributed by atoms with E-state index >= 15 is 0 Å². The molecule has 0 saturated heterocycles. The van der Waals surface area contributed by atoms with E-state index in [1.807, 2.05) is 0 Å². The number of hydrogen-bond donors (Lipinski definition) is 2. The lowest BCUT2D eigenvalue weighted by molar-refractivity contribution is 0.0548. The summed E-state index contributed by atoms with van der Waals surface area (Å²) in [6.07, 6.45) is 1.45. The summed E-state index contributed by atoms with van der Waals surface area (Å²) in [5, 5.41) is 9.42. The lowest BCUT2D eigenvalue weighted by Crippen LogP contribution is -2.36. The van der Waals surface area contributed by atoms with Crippen molar-refractivity contribution in [2.75, 3.05) is 0 Å². The Labute approximate surface area is 82.5 Å². The minimum Gasteiger partial charge on any atom is -0.379 e. The molecule has 0 aliphatic heterocycles. The minimum atomic E-state index is -0.675. The van der Waals surface area contributed by atoms with Gasteiger partial charge in [-0.15, -0.1) is 0 Å².